The molecule has 0 atom stereocenters. The van der Waals surface area contributed by atoms with Gasteiger partial charge in [0.2, 0.25) is 10.0 Å². The van der Waals surface area contributed by atoms with E-state index in [0.717, 1.165) is 16.3 Å². The Morgan fingerprint density at radius 1 is 0.875 bits per heavy atom. The number of benzene rings is 3. The summed E-state index contributed by atoms with van der Waals surface area (Å²) in [6.07, 6.45) is 1.35. The molecule has 0 heterocycles. The second-order valence-corrected chi connectivity index (χ2v) is 7.40. The van der Waals surface area contributed by atoms with Crippen LogP contribution in [0.1, 0.15) is 12.0 Å². The second-order valence-electron chi connectivity index (χ2n) is 5.64. The molecule has 0 radical (unpaired) electrons. The lowest BCUT2D eigenvalue weighted by molar-refractivity contribution is 0.579. The number of hydrogen-bond donors (Lipinski definition) is 1. The van der Waals surface area contributed by atoms with E-state index in [2.05, 4.69) is 4.72 Å². The Labute approximate surface area is 141 Å². The van der Waals surface area contributed by atoms with Crippen molar-refractivity contribution in [3.05, 3.63) is 78.1 Å². The van der Waals surface area contributed by atoms with Crippen LogP contribution in [0.2, 0.25) is 0 Å². The van der Waals surface area contributed by atoms with Gasteiger partial charge >= 0.3 is 0 Å². The number of rotatable bonds is 6. The lowest BCUT2D eigenvalue weighted by Gasteiger charge is -2.08. The van der Waals surface area contributed by atoms with Crippen LogP contribution in [0.5, 0.6) is 0 Å². The van der Waals surface area contributed by atoms with E-state index in [1.54, 1.807) is 24.3 Å². The maximum absolute atomic E-state index is 12.8. The van der Waals surface area contributed by atoms with E-state index in [4.69, 9.17) is 0 Å². The summed E-state index contributed by atoms with van der Waals surface area (Å²) in [6.45, 7) is 0.340. The summed E-state index contributed by atoms with van der Waals surface area (Å²) >= 11 is 0. The zero-order chi connectivity index (χ0) is 17.0. The van der Waals surface area contributed by atoms with Crippen molar-refractivity contribution in [1.29, 1.82) is 0 Å². The highest BCUT2D eigenvalue weighted by Gasteiger charge is 2.13. The van der Waals surface area contributed by atoms with E-state index in [1.165, 1.54) is 12.1 Å². The zero-order valence-electron chi connectivity index (χ0n) is 13.1. The Hall–Kier alpha value is -2.24. The summed E-state index contributed by atoms with van der Waals surface area (Å²) in [6, 6.07) is 19.0. The first-order chi connectivity index (χ1) is 11.5. The lowest BCUT2D eigenvalue weighted by atomic mass is 10.1. The van der Waals surface area contributed by atoms with Gasteiger partial charge in [-0.1, -0.05) is 42.5 Å². The highest BCUT2D eigenvalue weighted by atomic mass is 32.2. The van der Waals surface area contributed by atoms with Gasteiger partial charge in [0.05, 0.1) is 4.90 Å². The first-order valence-electron chi connectivity index (χ1n) is 7.77. The smallest absolute Gasteiger partial charge is 0.211 e. The summed E-state index contributed by atoms with van der Waals surface area (Å²) in [4.78, 5) is 0.267. The predicted octanol–water partition coefficient (Wildman–Crippen LogP) is 3.89. The van der Waals surface area contributed by atoms with Gasteiger partial charge in [-0.05, 0) is 53.4 Å². The van der Waals surface area contributed by atoms with E-state index < -0.39 is 10.0 Å². The van der Waals surface area contributed by atoms with Gasteiger partial charge < -0.3 is 0 Å². The van der Waals surface area contributed by atoms with Gasteiger partial charge in [0.25, 0.3) is 0 Å². The molecule has 0 bridgehead atoms. The fourth-order valence-corrected chi connectivity index (χ4v) is 3.68. The van der Waals surface area contributed by atoms with Crippen LogP contribution in [0.25, 0.3) is 10.8 Å². The molecule has 1 N–H and O–H groups in total. The molecule has 24 heavy (non-hydrogen) atoms. The molecule has 0 unspecified atom stereocenters. The quantitative estimate of drug-likeness (QED) is 0.690. The SMILES string of the molecule is O=S(=O)(NCCCc1ccc(F)cc1)c1ccc2ccccc2c1. The molecule has 0 saturated carbocycles. The average Bonchev–Trinajstić information content (AvgIpc) is 2.60. The lowest BCUT2D eigenvalue weighted by Crippen LogP contribution is -2.25. The molecule has 124 valence electrons. The molecule has 0 aliphatic carbocycles. The number of halogens is 1. The van der Waals surface area contributed by atoms with Gasteiger partial charge in [0, 0.05) is 6.54 Å². The van der Waals surface area contributed by atoms with Crippen LogP contribution in [0.3, 0.4) is 0 Å². The third kappa shape index (κ3) is 3.99. The van der Waals surface area contributed by atoms with Crippen molar-refractivity contribution in [2.24, 2.45) is 0 Å². The summed E-state index contributed by atoms with van der Waals surface area (Å²) in [7, 11) is -3.52. The molecular formula is C19H18FNO2S. The highest BCUT2D eigenvalue weighted by molar-refractivity contribution is 7.89. The van der Waals surface area contributed by atoms with Crippen molar-refractivity contribution >= 4 is 20.8 Å². The minimum absolute atomic E-state index is 0.267. The van der Waals surface area contributed by atoms with Crippen molar-refractivity contribution in [3.63, 3.8) is 0 Å². The first kappa shape index (κ1) is 16.6. The number of fused-ring (bicyclic) bond motifs is 1. The summed E-state index contributed by atoms with van der Waals surface area (Å²) in [5.41, 5.74) is 0.987. The molecule has 0 fully saturated rings. The number of nitrogens with one attached hydrogen (secondary N) is 1. The maximum Gasteiger partial charge on any atom is 0.240 e. The van der Waals surface area contributed by atoms with Crippen molar-refractivity contribution in [2.45, 2.75) is 17.7 Å². The van der Waals surface area contributed by atoms with Gasteiger partial charge in [0.1, 0.15) is 5.82 Å². The first-order valence-corrected chi connectivity index (χ1v) is 9.26. The maximum atomic E-state index is 12.8. The van der Waals surface area contributed by atoms with Gasteiger partial charge in [-0.3, -0.25) is 0 Å². The second kappa shape index (κ2) is 7.11. The monoisotopic (exact) mass is 343 g/mol. The molecule has 0 aromatic heterocycles. The van der Waals surface area contributed by atoms with E-state index in [-0.39, 0.29) is 10.7 Å². The van der Waals surface area contributed by atoms with Crippen molar-refractivity contribution in [1.82, 2.24) is 4.72 Å². The molecule has 3 aromatic rings. The van der Waals surface area contributed by atoms with Crippen LogP contribution in [0, 0.1) is 5.82 Å². The van der Waals surface area contributed by atoms with Gasteiger partial charge in [-0.15, -0.1) is 0 Å². The van der Waals surface area contributed by atoms with Crippen LogP contribution >= 0.6 is 0 Å². The Kier molecular flexibility index (Phi) is 4.92. The summed E-state index contributed by atoms with van der Waals surface area (Å²) in [5.74, 6) is -0.268. The fourth-order valence-electron chi connectivity index (χ4n) is 2.57. The Balaban J connectivity index is 1.61. The minimum Gasteiger partial charge on any atom is -0.211 e. The topological polar surface area (TPSA) is 46.2 Å². The molecule has 0 spiro atoms. The third-order valence-electron chi connectivity index (χ3n) is 3.88. The average molecular weight is 343 g/mol. The molecule has 0 saturated heterocycles. The molecule has 5 heteroatoms. The zero-order valence-corrected chi connectivity index (χ0v) is 13.9. The summed E-state index contributed by atoms with van der Waals surface area (Å²) < 4.78 is 40.2. The van der Waals surface area contributed by atoms with E-state index in [1.807, 2.05) is 30.3 Å². The van der Waals surface area contributed by atoms with Crippen molar-refractivity contribution in [2.75, 3.05) is 6.54 Å². The highest BCUT2D eigenvalue weighted by Crippen LogP contribution is 2.18. The predicted molar refractivity (Wildman–Crippen MR) is 93.9 cm³/mol. The molecule has 0 aliphatic rings. The molecule has 3 aromatic carbocycles. The largest absolute Gasteiger partial charge is 0.240 e. The van der Waals surface area contributed by atoms with Gasteiger partial charge in [-0.2, -0.15) is 0 Å². The van der Waals surface area contributed by atoms with Crippen molar-refractivity contribution < 1.29 is 12.8 Å². The summed E-state index contributed by atoms with van der Waals surface area (Å²) in [5, 5.41) is 1.90. The van der Waals surface area contributed by atoms with Crippen LogP contribution in [-0.2, 0) is 16.4 Å². The van der Waals surface area contributed by atoms with Crippen LogP contribution < -0.4 is 4.72 Å². The molecular weight excluding hydrogens is 325 g/mol. The Bertz CT molecular complexity index is 937. The van der Waals surface area contributed by atoms with E-state index >= 15 is 0 Å². The normalized spacial score (nSPS) is 11.7. The van der Waals surface area contributed by atoms with E-state index in [9.17, 15) is 12.8 Å². The number of aryl methyl sites for hydroxylation is 1. The fraction of sp³-hybridized carbons (Fsp3) is 0.158. The molecule has 3 nitrogen and oxygen atoms in total. The number of hydrogen-bond acceptors (Lipinski definition) is 2. The molecule has 0 amide bonds. The standard InChI is InChI=1S/C19H18FNO2S/c20-18-10-7-15(8-11-18)4-3-13-21-24(22,23)19-12-9-16-5-1-2-6-17(16)14-19/h1-2,5-12,14,21H,3-4,13H2. The van der Waals surface area contributed by atoms with Crippen molar-refractivity contribution in [3.8, 4) is 0 Å². The number of sulfonamides is 1. The Morgan fingerprint density at radius 2 is 1.58 bits per heavy atom. The van der Waals surface area contributed by atoms with Crippen LogP contribution in [0.4, 0.5) is 4.39 Å². The van der Waals surface area contributed by atoms with Gasteiger partial charge in [0.15, 0.2) is 0 Å². The molecule has 0 aliphatic heterocycles. The van der Waals surface area contributed by atoms with Gasteiger partial charge in [-0.25, -0.2) is 17.5 Å². The third-order valence-corrected chi connectivity index (χ3v) is 5.34. The van der Waals surface area contributed by atoms with E-state index in [0.29, 0.717) is 19.4 Å². The Morgan fingerprint density at radius 3 is 2.33 bits per heavy atom. The van der Waals surface area contributed by atoms with Crippen LogP contribution in [-0.4, -0.2) is 15.0 Å². The van der Waals surface area contributed by atoms with Crippen LogP contribution in [0.15, 0.2) is 71.6 Å². The molecule has 3 rings (SSSR count). The minimum atomic E-state index is -3.52.